The van der Waals surface area contributed by atoms with E-state index in [-0.39, 0.29) is 11.4 Å². The van der Waals surface area contributed by atoms with E-state index in [2.05, 4.69) is 15.0 Å². The fraction of sp³-hybridized carbons (Fsp3) is 0.0833. The van der Waals surface area contributed by atoms with Crippen LogP contribution in [0, 0.1) is 0 Å². The van der Waals surface area contributed by atoms with E-state index in [9.17, 15) is 13.2 Å². The number of ether oxygens (including phenoxy) is 1. The van der Waals surface area contributed by atoms with Gasteiger partial charge in [-0.3, -0.25) is 0 Å². The van der Waals surface area contributed by atoms with Gasteiger partial charge in [0, 0.05) is 5.56 Å². The molecule has 1 aromatic carbocycles. The van der Waals surface area contributed by atoms with Crippen molar-refractivity contribution in [3.05, 3.63) is 41.1 Å². The summed E-state index contributed by atoms with van der Waals surface area (Å²) in [7, 11) is -2.41. The van der Waals surface area contributed by atoms with E-state index >= 15 is 0 Å². The van der Waals surface area contributed by atoms with Gasteiger partial charge in [0.2, 0.25) is 0 Å². The van der Waals surface area contributed by atoms with Crippen molar-refractivity contribution in [1.29, 1.82) is 0 Å². The smallest absolute Gasteiger partial charge is 0.360 e. The average molecular weight is 307 g/mol. The summed E-state index contributed by atoms with van der Waals surface area (Å²) in [5.41, 5.74) is 1.26. The molecule has 0 atom stereocenters. The van der Waals surface area contributed by atoms with E-state index in [1.165, 1.54) is 30.1 Å². The van der Waals surface area contributed by atoms with Crippen molar-refractivity contribution in [2.75, 3.05) is 7.11 Å². The first kappa shape index (κ1) is 13.3. The van der Waals surface area contributed by atoms with Gasteiger partial charge in [-0.1, -0.05) is 5.21 Å². The summed E-state index contributed by atoms with van der Waals surface area (Å²) in [6, 6.07) is 4.77. The van der Waals surface area contributed by atoms with Gasteiger partial charge in [0.15, 0.2) is 5.69 Å². The molecule has 0 fully saturated rings. The molecule has 108 valence electrons. The number of benzene rings is 1. The minimum absolute atomic E-state index is 0.0737. The van der Waals surface area contributed by atoms with E-state index in [0.29, 0.717) is 11.3 Å². The molecule has 8 nitrogen and oxygen atoms in total. The summed E-state index contributed by atoms with van der Waals surface area (Å²) >= 11 is 0. The molecule has 2 aromatic rings. The van der Waals surface area contributed by atoms with Gasteiger partial charge < -0.3 is 8.92 Å². The minimum Gasteiger partial charge on any atom is -0.464 e. The largest absolute Gasteiger partial charge is 0.464 e. The lowest BCUT2D eigenvalue weighted by Crippen LogP contribution is -2.10. The predicted molar refractivity (Wildman–Crippen MR) is 71.3 cm³/mol. The third kappa shape index (κ3) is 2.50. The summed E-state index contributed by atoms with van der Waals surface area (Å²) in [4.78, 5) is 11.3. The number of fused-ring (bicyclic) bond motifs is 1. The summed E-state index contributed by atoms with van der Waals surface area (Å²) in [5.74, 6) is -0.358. The van der Waals surface area contributed by atoms with Crippen LogP contribution in [-0.4, -0.2) is 36.5 Å². The molecule has 9 heteroatoms. The molecular formula is C12H9N3O5S. The molecule has 0 saturated carbocycles. The second-order valence-corrected chi connectivity index (χ2v) is 5.57. The molecule has 0 aliphatic carbocycles. The zero-order valence-electron chi connectivity index (χ0n) is 10.8. The number of methoxy groups -OCH3 is 1. The van der Waals surface area contributed by atoms with Gasteiger partial charge in [0.25, 0.3) is 0 Å². The lowest BCUT2D eigenvalue weighted by molar-refractivity contribution is 0.0594. The maximum atomic E-state index is 11.3. The van der Waals surface area contributed by atoms with Crippen LogP contribution in [-0.2, 0) is 14.9 Å². The highest BCUT2D eigenvalue weighted by atomic mass is 32.2. The Kier molecular flexibility index (Phi) is 2.98. The highest BCUT2D eigenvalue weighted by Crippen LogP contribution is 2.28. The molecule has 1 aliphatic heterocycles. The number of hydrogen-bond acceptors (Lipinski definition) is 7. The van der Waals surface area contributed by atoms with Gasteiger partial charge in [0.1, 0.15) is 5.75 Å². The van der Waals surface area contributed by atoms with E-state index in [1.54, 1.807) is 12.1 Å². The Hall–Kier alpha value is -2.68. The molecular weight excluding hydrogens is 298 g/mol. The Bertz CT molecular complexity index is 854. The lowest BCUT2D eigenvalue weighted by atomic mass is 10.2. The Morgan fingerprint density at radius 3 is 2.95 bits per heavy atom. The van der Waals surface area contributed by atoms with Crippen molar-refractivity contribution in [3.8, 4) is 11.4 Å². The predicted octanol–water partition coefficient (Wildman–Crippen LogP) is 0.747. The molecule has 0 radical (unpaired) electrons. The molecule has 21 heavy (non-hydrogen) atoms. The first-order chi connectivity index (χ1) is 9.98. The SMILES string of the molecule is COC(=O)c1cn(-c2ccc3c(c2)C=CS(=O)(=O)O3)nn1. The number of hydrogen-bond donors (Lipinski definition) is 0. The van der Waals surface area contributed by atoms with Crippen molar-refractivity contribution in [1.82, 2.24) is 15.0 Å². The molecule has 0 amide bonds. The van der Waals surface area contributed by atoms with Crippen LogP contribution in [0.15, 0.2) is 29.8 Å². The van der Waals surface area contributed by atoms with Crippen molar-refractivity contribution < 1.29 is 22.1 Å². The molecule has 0 spiro atoms. The van der Waals surface area contributed by atoms with Crippen LogP contribution >= 0.6 is 0 Å². The van der Waals surface area contributed by atoms with Crippen LogP contribution < -0.4 is 4.18 Å². The molecule has 0 unspecified atom stereocenters. The van der Waals surface area contributed by atoms with Crippen LogP contribution in [0.3, 0.4) is 0 Å². The number of nitrogens with zero attached hydrogens (tertiary/aromatic N) is 3. The van der Waals surface area contributed by atoms with Gasteiger partial charge in [-0.2, -0.15) is 8.42 Å². The fourth-order valence-corrected chi connectivity index (χ4v) is 2.55. The molecule has 0 N–H and O–H groups in total. The Labute approximate surface area is 119 Å². The van der Waals surface area contributed by atoms with Gasteiger partial charge in [-0.05, 0) is 24.3 Å². The zero-order chi connectivity index (χ0) is 15.0. The monoisotopic (exact) mass is 307 g/mol. The molecule has 2 heterocycles. The van der Waals surface area contributed by atoms with E-state index < -0.39 is 16.1 Å². The lowest BCUT2D eigenvalue weighted by Gasteiger charge is -2.12. The number of aromatic nitrogens is 3. The first-order valence-electron chi connectivity index (χ1n) is 5.76. The third-order valence-electron chi connectivity index (χ3n) is 2.77. The van der Waals surface area contributed by atoms with Crippen molar-refractivity contribution >= 4 is 22.2 Å². The highest BCUT2D eigenvalue weighted by Gasteiger charge is 2.18. The maximum absolute atomic E-state index is 11.3. The van der Waals surface area contributed by atoms with E-state index in [0.717, 1.165) is 5.41 Å². The molecule has 3 rings (SSSR count). The van der Waals surface area contributed by atoms with E-state index in [1.807, 2.05) is 0 Å². The van der Waals surface area contributed by atoms with Crippen LogP contribution in [0.5, 0.6) is 5.75 Å². The summed E-state index contributed by atoms with van der Waals surface area (Å²) in [6.07, 6.45) is 2.84. The summed E-state index contributed by atoms with van der Waals surface area (Å²) in [6.45, 7) is 0. The normalized spacial score (nSPS) is 15.1. The topological polar surface area (TPSA) is 100 Å². The van der Waals surface area contributed by atoms with Crippen molar-refractivity contribution in [2.24, 2.45) is 0 Å². The minimum atomic E-state index is -3.66. The molecule has 0 bridgehead atoms. The molecule has 1 aliphatic rings. The fourth-order valence-electron chi connectivity index (χ4n) is 1.78. The Morgan fingerprint density at radius 2 is 2.19 bits per heavy atom. The Morgan fingerprint density at radius 1 is 1.38 bits per heavy atom. The second kappa shape index (κ2) is 4.70. The average Bonchev–Trinajstić information content (AvgIpc) is 2.95. The van der Waals surface area contributed by atoms with Crippen molar-refractivity contribution in [3.63, 3.8) is 0 Å². The zero-order valence-corrected chi connectivity index (χ0v) is 11.6. The molecule has 0 saturated heterocycles. The summed E-state index contributed by atoms with van der Waals surface area (Å²) in [5, 5.41) is 8.48. The van der Waals surface area contributed by atoms with E-state index in [4.69, 9.17) is 4.18 Å². The third-order valence-corrected chi connectivity index (χ3v) is 3.65. The standard InChI is InChI=1S/C12H9N3O5S/c1-19-12(16)10-7-15(14-13-10)9-2-3-11-8(6-9)4-5-21(17,18)20-11/h2-7H,1H3. The second-order valence-electron chi connectivity index (χ2n) is 4.14. The van der Waals surface area contributed by atoms with Crippen LogP contribution in [0.2, 0.25) is 0 Å². The Balaban J connectivity index is 1.98. The van der Waals surface area contributed by atoms with Gasteiger partial charge in [-0.25, -0.2) is 9.48 Å². The molecule has 1 aromatic heterocycles. The van der Waals surface area contributed by atoms with Crippen molar-refractivity contribution in [2.45, 2.75) is 0 Å². The van der Waals surface area contributed by atoms with Crippen LogP contribution in [0.25, 0.3) is 11.8 Å². The number of rotatable bonds is 2. The highest BCUT2D eigenvalue weighted by molar-refractivity contribution is 7.90. The van der Waals surface area contributed by atoms with Gasteiger partial charge >= 0.3 is 16.1 Å². The number of esters is 1. The maximum Gasteiger partial charge on any atom is 0.360 e. The first-order valence-corrected chi connectivity index (χ1v) is 7.23. The van der Waals surface area contributed by atoms with Crippen LogP contribution in [0.1, 0.15) is 16.1 Å². The van der Waals surface area contributed by atoms with Gasteiger partial charge in [0.05, 0.1) is 24.4 Å². The van der Waals surface area contributed by atoms with Gasteiger partial charge in [-0.15, -0.1) is 5.10 Å². The number of carbonyl (C=O) groups excluding carboxylic acids is 1. The quantitative estimate of drug-likeness (QED) is 0.596. The van der Waals surface area contributed by atoms with Crippen LogP contribution in [0.4, 0.5) is 0 Å². The number of carbonyl (C=O) groups is 1. The summed E-state index contributed by atoms with van der Waals surface area (Å²) < 4.78 is 33.3.